The number of hydrogen-bond acceptors (Lipinski definition) is 3. The van der Waals surface area contributed by atoms with Crippen LogP contribution in [0.25, 0.3) is 0 Å². The summed E-state index contributed by atoms with van der Waals surface area (Å²) in [5, 5.41) is 3.74. The van der Waals surface area contributed by atoms with Crippen molar-refractivity contribution in [1.29, 1.82) is 0 Å². The van der Waals surface area contributed by atoms with Crippen molar-refractivity contribution in [2.24, 2.45) is 5.73 Å². The van der Waals surface area contributed by atoms with E-state index in [0.717, 1.165) is 5.56 Å². The highest BCUT2D eigenvalue weighted by atomic mass is 35.5. The normalized spacial score (nSPS) is 20.3. The largest absolute Gasteiger partial charge is 0.328 e. The third kappa shape index (κ3) is 5.22. The van der Waals surface area contributed by atoms with E-state index < -0.39 is 5.54 Å². The summed E-state index contributed by atoms with van der Waals surface area (Å²) in [5.74, 6) is -0.570. The maximum Gasteiger partial charge on any atom is 0.254 e. The molecule has 1 saturated heterocycles. The molecule has 7 heteroatoms. The summed E-state index contributed by atoms with van der Waals surface area (Å²) in [7, 11) is 0. The molecular formula is C26H25Cl2N3O2. The van der Waals surface area contributed by atoms with Crippen LogP contribution in [0.5, 0.6) is 0 Å². The van der Waals surface area contributed by atoms with Crippen LogP contribution in [0.1, 0.15) is 28.8 Å². The fourth-order valence-corrected chi connectivity index (χ4v) is 4.98. The van der Waals surface area contributed by atoms with E-state index in [2.05, 4.69) is 5.32 Å². The van der Waals surface area contributed by atoms with E-state index in [0.29, 0.717) is 47.1 Å². The number of likely N-dealkylation sites (tertiary alicyclic amines) is 1. The first-order chi connectivity index (χ1) is 15.9. The van der Waals surface area contributed by atoms with Gasteiger partial charge in [0.2, 0.25) is 0 Å². The Morgan fingerprint density at radius 1 is 0.970 bits per heavy atom. The smallest absolute Gasteiger partial charge is 0.254 e. The van der Waals surface area contributed by atoms with E-state index in [1.807, 2.05) is 60.7 Å². The van der Waals surface area contributed by atoms with Crippen molar-refractivity contribution in [2.45, 2.75) is 30.8 Å². The summed E-state index contributed by atoms with van der Waals surface area (Å²) in [6, 6.07) is 23.4. The number of rotatable bonds is 5. The summed E-state index contributed by atoms with van der Waals surface area (Å²) in [4.78, 5) is 29.3. The Balaban J connectivity index is 1.79. The lowest BCUT2D eigenvalue weighted by Crippen LogP contribution is -2.65. The topological polar surface area (TPSA) is 75.4 Å². The van der Waals surface area contributed by atoms with Crippen molar-refractivity contribution in [3.05, 3.63) is 100 Å². The SMILES string of the molecule is N[C@H]1CCN(C(=O)c2cc(Cl)cc(Cl)c2)[C@@](Cc2ccccc2)(C(=O)Nc2ccccc2)C1. The van der Waals surface area contributed by atoms with Gasteiger partial charge < -0.3 is 16.0 Å². The Labute approximate surface area is 203 Å². The van der Waals surface area contributed by atoms with Gasteiger partial charge in [0.05, 0.1) is 0 Å². The molecule has 0 aromatic heterocycles. The van der Waals surface area contributed by atoms with Crippen LogP contribution in [0.4, 0.5) is 5.69 Å². The minimum Gasteiger partial charge on any atom is -0.328 e. The molecule has 2 atom stereocenters. The standard InChI is InChI=1S/C26H25Cl2N3O2/c27-20-13-19(14-21(28)15-20)24(32)31-12-11-22(29)17-26(31,16-18-7-3-1-4-8-18)25(33)30-23-9-5-2-6-10-23/h1-10,13-15,22H,11-12,16-17,29H2,(H,30,33)/t22-,26+/m0/s1. The van der Waals surface area contributed by atoms with Gasteiger partial charge in [-0.1, -0.05) is 71.7 Å². The van der Waals surface area contributed by atoms with E-state index in [1.165, 1.54) is 0 Å². The van der Waals surface area contributed by atoms with Gasteiger partial charge >= 0.3 is 0 Å². The van der Waals surface area contributed by atoms with Crippen molar-refractivity contribution in [3.63, 3.8) is 0 Å². The van der Waals surface area contributed by atoms with Gasteiger partial charge in [0.25, 0.3) is 11.8 Å². The number of nitrogens with two attached hydrogens (primary N) is 1. The van der Waals surface area contributed by atoms with Gasteiger partial charge in [0, 0.05) is 40.3 Å². The number of nitrogens with one attached hydrogen (secondary N) is 1. The van der Waals surface area contributed by atoms with Crippen molar-refractivity contribution >= 4 is 40.7 Å². The van der Waals surface area contributed by atoms with Crippen LogP contribution < -0.4 is 11.1 Å². The van der Waals surface area contributed by atoms with Crippen molar-refractivity contribution < 1.29 is 9.59 Å². The molecule has 0 unspecified atom stereocenters. The van der Waals surface area contributed by atoms with Crippen molar-refractivity contribution in [3.8, 4) is 0 Å². The molecule has 33 heavy (non-hydrogen) atoms. The number of benzene rings is 3. The molecule has 0 radical (unpaired) electrons. The van der Waals surface area contributed by atoms with Crippen LogP contribution in [-0.4, -0.2) is 34.8 Å². The molecule has 1 fully saturated rings. The number of nitrogens with zero attached hydrogens (tertiary/aromatic N) is 1. The molecule has 2 amide bonds. The summed E-state index contributed by atoms with van der Waals surface area (Å²) >= 11 is 12.3. The number of carbonyl (C=O) groups is 2. The number of para-hydroxylation sites is 1. The maximum absolute atomic E-state index is 13.9. The molecule has 1 heterocycles. The molecule has 5 nitrogen and oxygen atoms in total. The van der Waals surface area contributed by atoms with E-state index >= 15 is 0 Å². The van der Waals surface area contributed by atoms with Gasteiger partial charge in [-0.2, -0.15) is 0 Å². The lowest BCUT2D eigenvalue weighted by atomic mass is 9.78. The average molecular weight is 482 g/mol. The van der Waals surface area contributed by atoms with E-state index in [-0.39, 0.29) is 17.9 Å². The van der Waals surface area contributed by atoms with Gasteiger partial charge in [0.15, 0.2) is 0 Å². The zero-order valence-corrected chi connectivity index (χ0v) is 19.5. The highest BCUT2D eigenvalue weighted by Gasteiger charge is 2.50. The Morgan fingerprint density at radius 2 is 1.58 bits per heavy atom. The Kier molecular flexibility index (Phi) is 7.03. The average Bonchev–Trinajstić information content (AvgIpc) is 2.79. The molecule has 0 saturated carbocycles. The predicted octanol–water partition coefficient (Wildman–Crippen LogP) is 5.18. The second-order valence-corrected chi connectivity index (χ2v) is 9.25. The third-order valence-electron chi connectivity index (χ3n) is 5.99. The van der Waals surface area contributed by atoms with Crippen LogP contribution in [0.15, 0.2) is 78.9 Å². The molecule has 3 N–H and O–H groups in total. The maximum atomic E-state index is 13.9. The van der Waals surface area contributed by atoms with Crippen LogP contribution in [0.3, 0.4) is 0 Å². The van der Waals surface area contributed by atoms with E-state index in [4.69, 9.17) is 28.9 Å². The van der Waals surface area contributed by atoms with E-state index in [9.17, 15) is 9.59 Å². The zero-order valence-electron chi connectivity index (χ0n) is 18.0. The van der Waals surface area contributed by atoms with Gasteiger partial charge in [0.1, 0.15) is 5.54 Å². The number of carbonyl (C=O) groups excluding carboxylic acids is 2. The quantitative estimate of drug-likeness (QED) is 0.527. The Bertz CT molecular complexity index is 1120. The number of hydrogen-bond donors (Lipinski definition) is 2. The van der Waals surface area contributed by atoms with Crippen molar-refractivity contribution in [1.82, 2.24) is 4.90 Å². The second kappa shape index (κ2) is 9.96. The molecule has 0 bridgehead atoms. The van der Waals surface area contributed by atoms with Crippen LogP contribution in [0.2, 0.25) is 10.0 Å². The highest BCUT2D eigenvalue weighted by Crippen LogP contribution is 2.35. The van der Waals surface area contributed by atoms with Gasteiger partial charge in [-0.3, -0.25) is 9.59 Å². The minimum atomic E-state index is -1.18. The highest BCUT2D eigenvalue weighted by molar-refractivity contribution is 6.35. The Morgan fingerprint density at radius 3 is 2.21 bits per heavy atom. The van der Waals surface area contributed by atoms with Crippen LogP contribution in [-0.2, 0) is 11.2 Å². The number of anilines is 1. The monoisotopic (exact) mass is 481 g/mol. The van der Waals surface area contributed by atoms with Gasteiger partial charge in [-0.25, -0.2) is 0 Å². The number of halogens is 2. The number of piperidine rings is 1. The fraction of sp³-hybridized carbons (Fsp3) is 0.231. The molecule has 0 spiro atoms. The number of amides is 2. The first-order valence-electron chi connectivity index (χ1n) is 10.8. The van der Waals surface area contributed by atoms with Crippen LogP contribution in [0, 0.1) is 0 Å². The third-order valence-corrected chi connectivity index (χ3v) is 6.42. The molecule has 3 aromatic rings. The minimum absolute atomic E-state index is 0.220. The fourth-order valence-electron chi connectivity index (χ4n) is 4.45. The van der Waals surface area contributed by atoms with Crippen LogP contribution >= 0.6 is 23.2 Å². The summed E-state index contributed by atoms with van der Waals surface area (Å²) in [6.07, 6.45) is 1.26. The molecule has 170 valence electrons. The second-order valence-electron chi connectivity index (χ2n) is 8.38. The summed E-state index contributed by atoms with van der Waals surface area (Å²) in [5.41, 5.74) is 7.15. The Hall–Kier alpha value is -2.86. The predicted molar refractivity (Wildman–Crippen MR) is 133 cm³/mol. The van der Waals surface area contributed by atoms with E-state index in [1.54, 1.807) is 23.1 Å². The van der Waals surface area contributed by atoms with Gasteiger partial charge in [-0.05, 0) is 48.7 Å². The molecular weight excluding hydrogens is 457 g/mol. The van der Waals surface area contributed by atoms with Crippen molar-refractivity contribution in [2.75, 3.05) is 11.9 Å². The lowest BCUT2D eigenvalue weighted by molar-refractivity contribution is -0.129. The molecule has 0 aliphatic carbocycles. The van der Waals surface area contributed by atoms with Gasteiger partial charge in [-0.15, -0.1) is 0 Å². The summed E-state index contributed by atoms with van der Waals surface area (Å²) in [6.45, 7) is 0.346. The molecule has 3 aromatic carbocycles. The zero-order chi connectivity index (χ0) is 23.4. The molecule has 1 aliphatic heterocycles. The molecule has 4 rings (SSSR count). The summed E-state index contributed by atoms with van der Waals surface area (Å²) < 4.78 is 0. The lowest BCUT2D eigenvalue weighted by Gasteiger charge is -2.48. The first-order valence-corrected chi connectivity index (χ1v) is 11.6. The first kappa shape index (κ1) is 23.3. The molecule has 1 aliphatic rings.